The predicted octanol–water partition coefficient (Wildman–Crippen LogP) is 4.55. The number of ether oxygens (including phenoxy) is 1. The zero-order valence-electron chi connectivity index (χ0n) is 18.2. The van der Waals surface area contributed by atoms with E-state index in [1.807, 2.05) is 50.1 Å². The number of nitrogens with zero attached hydrogens (tertiary/aromatic N) is 5. The van der Waals surface area contributed by atoms with Gasteiger partial charge in [-0.3, -0.25) is 5.10 Å². The third-order valence-corrected chi connectivity index (χ3v) is 7.18. The Kier molecular flexibility index (Phi) is 5.33. The average molecular weight is 473 g/mol. The Bertz CT molecular complexity index is 1110. The van der Waals surface area contributed by atoms with Crippen molar-refractivity contribution in [1.82, 2.24) is 25.3 Å². The number of H-pyrrole nitrogens is 1. The van der Waals surface area contributed by atoms with Crippen LogP contribution in [0.1, 0.15) is 20.8 Å². The van der Waals surface area contributed by atoms with Crippen molar-refractivity contribution < 1.29 is 9.53 Å². The van der Waals surface area contributed by atoms with Crippen molar-refractivity contribution in [2.45, 2.75) is 26.4 Å². The van der Waals surface area contributed by atoms with E-state index in [9.17, 15) is 4.79 Å². The van der Waals surface area contributed by atoms with Gasteiger partial charge < -0.3 is 14.5 Å². The Morgan fingerprint density at radius 2 is 1.91 bits per heavy atom. The number of aromatic amines is 1. The second-order valence-electron chi connectivity index (χ2n) is 9.38. The fourth-order valence-corrected chi connectivity index (χ4v) is 5.58. The van der Waals surface area contributed by atoms with Gasteiger partial charge in [-0.05, 0) is 38.5 Å². The summed E-state index contributed by atoms with van der Waals surface area (Å²) in [6.07, 6.45) is 3.38. The fraction of sp³-hybridized carbons (Fsp3) is 0.455. The molecule has 2 aromatic heterocycles. The summed E-state index contributed by atoms with van der Waals surface area (Å²) in [5, 5.41) is 18.0. The molecule has 0 saturated carbocycles. The van der Waals surface area contributed by atoms with Crippen molar-refractivity contribution in [3.05, 3.63) is 35.6 Å². The van der Waals surface area contributed by atoms with Crippen LogP contribution in [0.25, 0.3) is 21.7 Å². The van der Waals surface area contributed by atoms with Gasteiger partial charge in [0.2, 0.25) is 5.13 Å². The smallest absolute Gasteiger partial charge is 0.410 e. The lowest BCUT2D eigenvalue weighted by atomic mass is 10.0. The summed E-state index contributed by atoms with van der Waals surface area (Å²) in [5.41, 5.74) is 2.39. The molecule has 0 radical (unpaired) electrons. The number of benzene rings is 1. The van der Waals surface area contributed by atoms with E-state index in [1.165, 1.54) is 0 Å². The molecular weight excluding hydrogens is 448 g/mol. The van der Waals surface area contributed by atoms with Gasteiger partial charge in [-0.15, -0.1) is 10.2 Å². The molecule has 10 heteroatoms. The number of carbonyl (C=O) groups excluding carboxylic acids is 1. The fourth-order valence-electron chi connectivity index (χ4n) is 4.35. The standard InChI is InChI=1S/C22H25ClN6O2S/c1-22(2,3)31-21(30)29-11-15-9-28(10-16(15)12-29)20-27-26-19(32-20)17-5-4-13(6-18(17)23)14-7-24-25-8-14/h4-8,15-16H,9-12H2,1-3H3,(H,24,25). The summed E-state index contributed by atoms with van der Waals surface area (Å²) in [6.45, 7) is 8.87. The van der Waals surface area contributed by atoms with Crippen molar-refractivity contribution in [1.29, 1.82) is 0 Å². The number of carbonyl (C=O) groups is 1. The van der Waals surface area contributed by atoms with Gasteiger partial charge in [0.15, 0.2) is 5.01 Å². The van der Waals surface area contributed by atoms with Crippen LogP contribution >= 0.6 is 22.9 Å². The summed E-state index contributed by atoms with van der Waals surface area (Å²) in [7, 11) is 0. The quantitative estimate of drug-likeness (QED) is 0.601. The molecule has 0 spiro atoms. The molecule has 2 atom stereocenters. The number of halogens is 1. The molecule has 0 bridgehead atoms. The molecule has 32 heavy (non-hydrogen) atoms. The number of hydrogen-bond acceptors (Lipinski definition) is 7. The van der Waals surface area contributed by atoms with Crippen LogP contribution in [0.5, 0.6) is 0 Å². The first-order chi connectivity index (χ1) is 15.3. The second-order valence-corrected chi connectivity index (χ2v) is 10.7. The van der Waals surface area contributed by atoms with E-state index in [1.54, 1.807) is 17.5 Å². The predicted molar refractivity (Wildman–Crippen MR) is 125 cm³/mol. The number of amides is 1. The summed E-state index contributed by atoms with van der Waals surface area (Å²) in [5.74, 6) is 0.848. The maximum Gasteiger partial charge on any atom is 0.410 e. The second kappa shape index (κ2) is 8.04. The van der Waals surface area contributed by atoms with Crippen LogP contribution < -0.4 is 4.90 Å². The molecule has 8 nitrogen and oxygen atoms in total. The minimum Gasteiger partial charge on any atom is -0.444 e. The van der Waals surface area contributed by atoms with E-state index in [2.05, 4.69) is 25.3 Å². The molecule has 1 aromatic carbocycles. The van der Waals surface area contributed by atoms with Gasteiger partial charge in [0.05, 0.1) is 11.2 Å². The van der Waals surface area contributed by atoms with Crippen LogP contribution in [-0.4, -0.2) is 63.2 Å². The van der Waals surface area contributed by atoms with Crippen LogP contribution in [0.4, 0.5) is 9.93 Å². The molecule has 2 aliphatic heterocycles. The maximum absolute atomic E-state index is 12.4. The van der Waals surface area contributed by atoms with Gasteiger partial charge in [0.25, 0.3) is 0 Å². The van der Waals surface area contributed by atoms with Crippen LogP contribution in [0.2, 0.25) is 5.02 Å². The first-order valence-corrected chi connectivity index (χ1v) is 11.8. The van der Waals surface area contributed by atoms with E-state index < -0.39 is 5.60 Å². The highest BCUT2D eigenvalue weighted by atomic mass is 35.5. The Morgan fingerprint density at radius 1 is 1.16 bits per heavy atom. The molecule has 168 valence electrons. The molecule has 4 heterocycles. The van der Waals surface area contributed by atoms with Crippen LogP contribution in [-0.2, 0) is 4.74 Å². The van der Waals surface area contributed by atoms with E-state index >= 15 is 0 Å². The zero-order valence-corrected chi connectivity index (χ0v) is 19.8. The summed E-state index contributed by atoms with van der Waals surface area (Å²) >= 11 is 8.11. The van der Waals surface area contributed by atoms with Gasteiger partial charge in [0.1, 0.15) is 5.60 Å². The number of fused-ring (bicyclic) bond motifs is 1. The molecule has 1 amide bonds. The molecule has 2 aliphatic rings. The highest BCUT2D eigenvalue weighted by Crippen LogP contribution is 2.39. The average Bonchev–Trinajstić information content (AvgIpc) is 3.48. The van der Waals surface area contributed by atoms with Crippen LogP contribution in [0.3, 0.4) is 0 Å². The van der Waals surface area contributed by atoms with Crippen molar-refractivity contribution in [3.8, 4) is 21.7 Å². The van der Waals surface area contributed by atoms with Crippen molar-refractivity contribution in [2.24, 2.45) is 11.8 Å². The van der Waals surface area contributed by atoms with E-state index in [4.69, 9.17) is 16.3 Å². The van der Waals surface area contributed by atoms with Crippen molar-refractivity contribution in [3.63, 3.8) is 0 Å². The van der Waals surface area contributed by atoms with Gasteiger partial charge in [-0.25, -0.2) is 4.79 Å². The van der Waals surface area contributed by atoms with E-state index in [0.29, 0.717) is 16.9 Å². The monoisotopic (exact) mass is 472 g/mol. The van der Waals surface area contributed by atoms with Gasteiger partial charge in [-0.2, -0.15) is 5.10 Å². The number of nitrogens with one attached hydrogen (secondary N) is 1. The topological polar surface area (TPSA) is 87.2 Å². The largest absolute Gasteiger partial charge is 0.444 e. The van der Waals surface area contributed by atoms with E-state index in [-0.39, 0.29) is 6.09 Å². The first kappa shape index (κ1) is 21.2. The van der Waals surface area contributed by atoms with Crippen LogP contribution in [0.15, 0.2) is 30.6 Å². The number of hydrogen-bond donors (Lipinski definition) is 1. The summed E-state index contributed by atoms with van der Waals surface area (Å²) in [6, 6.07) is 5.92. The van der Waals surface area contributed by atoms with Crippen molar-refractivity contribution in [2.75, 3.05) is 31.1 Å². The van der Waals surface area contributed by atoms with Crippen LogP contribution in [0, 0.1) is 11.8 Å². The minimum atomic E-state index is -0.470. The number of aromatic nitrogens is 4. The molecule has 2 fully saturated rings. The lowest BCUT2D eigenvalue weighted by Gasteiger charge is -2.25. The molecule has 2 unspecified atom stereocenters. The molecule has 5 rings (SSSR count). The third-order valence-electron chi connectivity index (χ3n) is 5.85. The first-order valence-electron chi connectivity index (χ1n) is 10.6. The Hall–Kier alpha value is -2.65. The molecule has 0 aliphatic carbocycles. The zero-order chi connectivity index (χ0) is 22.5. The van der Waals surface area contributed by atoms with Crippen molar-refractivity contribution >= 4 is 34.2 Å². The maximum atomic E-state index is 12.4. The lowest BCUT2D eigenvalue weighted by Crippen LogP contribution is -2.37. The Labute approximate surface area is 195 Å². The summed E-state index contributed by atoms with van der Waals surface area (Å²) in [4.78, 5) is 16.5. The van der Waals surface area contributed by atoms with Gasteiger partial charge in [-0.1, -0.05) is 29.0 Å². The van der Waals surface area contributed by atoms with Gasteiger partial charge in [0, 0.05) is 55.3 Å². The molecule has 3 aromatic rings. The van der Waals surface area contributed by atoms with E-state index in [0.717, 1.165) is 53.0 Å². The third kappa shape index (κ3) is 4.19. The highest BCUT2D eigenvalue weighted by Gasteiger charge is 2.43. The Balaban J connectivity index is 1.25. The molecule has 1 N–H and O–H groups in total. The van der Waals surface area contributed by atoms with Gasteiger partial charge >= 0.3 is 6.09 Å². The molecule has 2 saturated heterocycles. The number of rotatable bonds is 3. The normalized spacial score (nSPS) is 20.6. The molecular formula is C22H25ClN6O2S. The number of anilines is 1. The SMILES string of the molecule is CC(C)(C)OC(=O)N1CC2CN(c3nnc(-c4ccc(-c5cn[nH]c5)cc4Cl)s3)CC2C1. The minimum absolute atomic E-state index is 0.217. The summed E-state index contributed by atoms with van der Waals surface area (Å²) < 4.78 is 5.53. The highest BCUT2D eigenvalue weighted by molar-refractivity contribution is 7.18. The number of likely N-dealkylation sites (tertiary alicyclic amines) is 1. The lowest BCUT2D eigenvalue weighted by molar-refractivity contribution is 0.0282. The Morgan fingerprint density at radius 3 is 2.53 bits per heavy atom.